The van der Waals surface area contributed by atoms with E-state index in [9.17, 15) is 14.9 Å². The molecule has 0 bridgehead atoms. The molecule has 18 heavy (non-hydrogen) atoms. The second kappa shape index (κ2) is 6.27. The van der Waals surface area contributed by atoms with Gasteiger partial charge in [0.25, 0.3) is 5.69 Å². The molecule has 0 radical (unpaired) electrons. The topological polar surface area (TPSA) is 82.5 Å². The summed E-state index contributed by atoms with van der Waals surface area (Å²) in [5.41, 5.74) is 0.188. The van der Waals surface area contributed by atoms with Crippen LogP contribution in [0.15, 0.2) is 12.3 Å². The predicted octanol–water partition coefficient (Wildman–Crippen LogP) is 0.599. The number of hydrogen-bond donors (Lipinski definition) is 1. The zero-order chi connectivity index (χ0) is 13.7. The van der Waals surface area contributed by atoms with Crippen molar-refractivity contribution >= 4 is 11.5 Å². The van der Waals surface area contributed by atoms with E-state index in [2.05, 4.69) is 4.98 Å². The highest BCUT2D eigenvalue weighted by atomic mass is 16.6. The van der Waals surface area contributed by atoms with E-state index in [0.29, 0.717) is 0 Å². The monoisotopic (exact) mass is 254 g/mol. The van der Waals surface area contributed by atoms with Crippen LogP contribution in [-0.4, -0.2) is 66.3 Å². The fraction of sp³-hybridized carbons (Fsp3) is 0.545. The Kier molecular flexibility index (Phi) is 4.99. The molecule has 1 heterocycles. The van der Waals surface area contributed by atoms with E-state index in [4.69, 9.17) is 0 Å². The van der Waals surface area contributed by atoms with Crippen LogP contribution >= 0.6 is 0 Å². The first kappa shape index (κ1) is 14.3. The van der Waals surface area contributed by atoms with Crippen LogP contribution < -0.4 is 0 Å². The molecule has 100 valence electrons. The number of ketones is 1. The van der Waals surface area contributed by atoms with Crippen LogP contribution in [0, 0.1) is 10.1 Å². The summed E-state index contributed by atoms with van der Waals surface area (Å²) >= 11 is 0. The zero-order valence-corrected chi connectivity index (χ0v) is 10.8. The summed E-state index contributed by atoms with van der Waals surface area (Å²) in [5, 5.41) is 10.5. The Morgan fingerprint density at radius 3 is 2.56 bits per heavy atom. The summed E-state index contributed by atoms with van der Waals surface area (Å²) in [5.74, 6) is -0.149. The van der Waals surface area contributed by atoms with E-state index < -0.39 is 4.92 Å². The number of nitro groups is 1. The summed E-state index contributed by atoms with van der Waals surface area (Å²) in [4.78, 5) is 28.3. The van der Waals surface area contributed by atoms with E-state index >= 15 is 0 Å². The molecule has 7 nitrogen and oxygen atoms in total. The average Bonchev–Trinajstić information content (AvgIpc) is 2.75. The molecule has 0 saturated heterocycles. The number of H-pyrrole nitrogens is 1. The molecule has 1 aromatic rings. The van der Waals surface area contributed by atoms with Crippen molar-refractivity contribution in [3.05, 3.63) is 28.1 Å². The van der Waals surface area contributed by atoms with Crippen molar-refractivity contribution in [3.8, 4) is 0 Å². The minimum Gasteiger partial charge on any atom is -0.353 e. The third-order valence-corrected chi connectivity index (χ3v) is 2.52. The number of carbonyl (C=O) groups excluding carboxylic acids is 1. The Hall–Kier alpha value is -1.73. The quantitative estimate of drug-likeness (QED) is 0.437. The van der Waals surface area contributed by atoms with Gasteiger partial charge in [0, 0.05) is 19.2 Å². The van der Waals surface area contributed by atoms with Gasteiger partial charge in [0.2, 0.25) is 0 Å². The molecule has 0 aliphatic heterocycles. The average molecular weight is 254 g/mol. The number of Topliss-reactive ketones (excluding diaryl/α,β-unsaturated/α-hetero) is 1. The Bertz CT molecular complexity index is 428. The van der Waals surface area contributed by atoms with Crippen LogP contribution in [0.5, 0.6) is 0 Å². The number of likely N-dealkylation sites (N-methyl/N-ethyl adjacent to an activating group) is 2. The lowest BCUT2D eigenvalue weighted by Crippen LogP contribution is -2.32. The Balaban J connectivity index is 2.51. The molecule has 0 aliphatic rings. The Morgan fingerprint density at radius 1 is 1.39 bits per heavy atom. The third-order valence-electron chi connectivity index (χ3n) is 2.52. The zero-order valence-electron chi connectivity index (χ0n) is 10.8. The number of carbonyl (C=O) groups is 1. The third kappa shape index (κ3) is 4.27. The number of nitrogens with one attached hydrogen (secondary N) is 1. The van der Waals surface area contributed by atoms with Gasteiger partial charge in [-0.2, -0.15) is 0 Å². The lowest BCUT2D eigenvalue weighted by molar-refractivity contribution is -0.384. The highest BCUT2D eigenvalue weighted by Gasteiger charge is 2.15. The number of rotatable bonds is 7. The molecule has 0 spiro atoms. The van der Waals surface area contributed by atoms with Gasteiger partial charge in [0.15, 0.2) is 5.78 Å². The lowest BCUT2D eigenvalue weighted by Gasteiger charge is -2.18. The first-order valence-corrected chi connectivity index (χ1v) is 5.59. The van der Waals surface area contributed by atoms with Crippen LogP contribution in [0.25, 0.3) is 0 Å². The second-order valence-electron chi connectivity index (χ2n) is 4.49. The molecule has 7 heteroatoms. The molecule has 1 aromatic heterocycles. The Morgan fingerprint density at radius 2 is 2.06 bits per heavy atom. The maximum Gasteiger partial charge on any atom is 0.287 e. The molecule has 1 rings (SSSR count). The number of hydrogen-bond acceptors (Lipinski definition) is 5. The van der Waals surface area contributed by atoms with Crippen molar-refractivity contribution in [1.29, 1.82) is 0 Å². The van der Waals surface area contributed by atoms with Gasteiger partial charge >= 0.3 is 0 Å². The summed E-state index contributed by atoms with van der Waals surface area (Å²) < 4.78 is 0. The standard InChI is InChI=1S/C11H18N4O3/c1-13(2)4-5-14(3)8-11(16)10-6-9(7-12-10)15(17)18/h6-7,12H,4-5,8H2,1-3H3. The van der Waals surface area contributed by atoms with Crippen molar-refractivity contribution in [2.45, 2.75) is 0 Å². The fourth-order valence-corrected chi connectivity index (χ4v) is 1.43. The molecule has 0 fully saturated rings. The van der Waals surface area contributed by atoms with Gasteiger partial charge in [0.1, 0.15) is 0 Å². The second-order valence-corrected chi connectivity index (χ2v) is 4.49. The maximum absolute atomic E-state index is 11.8. The molecule has 0 aliphatic carbocycles. The lowest BCUT2D eigenvalue weighted by atomic mass is 10.2. The first-order valence-electron chi connectivity index (χ1n) is 5.59. The largest absolute Gasteiger partial charge is 0.353 e. The van der Waals surface area contributed by atoms with E-state index in [1.165, 1.54) is 12.3 Å². The summed E-state index contributed by atoms with van der Waals surface area (Å²) in [7, 11) is 5.77. The van der Waals surface area contributed by atoms with Crippen LogP contribution in [0.2, 0.25) is 0 Å². The minimum atomic E-state index is -0.525. The van der Waals surface area contributed by atoms with Crippen molar-refractivity contribution in [2.24, 2.45) is 0 Å². The van der Waals surface area contributed by atoms with Gasteiger partial charge in [-0.15, -0.1) is 0 Å². The number of aromatic nitrogens is 1. The number of nitrogens with zero attached hydrogens (tertiary/aromatic N) is 3. The molecule has 0 atom stereocenters. The number of aromatic amines is 1. The molecule has 0 aromatic carbocycles. The van der Waals surface area contributed by atoms with Crippen molar-refractivity contribution in [3.63, 3.8) is 0 Å². The van der Waals surface area contributed by atoms with Gasteiger partial charge in [-0.1, -0.05) is 0 Å². The normalized spacial score (nSPS) is 11.2. The van der Waals surface area contributed by atoms with Crippen LogP contribution in [0.4, 0.5) is 5.69 Å². The van der Waals surface area contributed by atoms with Crippen LogP contribution in [0.1, 0.15) is 10.5 Å². The summed E-state index contributed by atoms with van der Waals surface area (Å²) in [6.07, 6.45) is 1.23. The molecule has 1 N–H and O–H groups in total. The van der Waals surface area contributed by atoms with Gasteiger partial charge in [-0.05, 0) is 21.1 Å². The smallest absolute Gasteiger partial charge is 0.287 e. The van der Waals surface area contributed by atoms with Crippen LogP contribution in [-0.2, 0) is 0 Å². The summed E-state index contributed by atoms with van der Waals surface area (Å²) in [6.45, 7) is 1.86. The molecule has 0 saturated carbocycles. The Labute approximate surface area is 106 Å². The van der Waals surface area contributed by atoms with Crippen molar-refractivity contribution < 1.29 is 9.72 Å². The maximum atomic E-state index is 11.8. The highest BCUT2D eigenvalue weighted by molar-refractivity contribution is 5.96. The van der Waals surface area contributed by atoms with Crippen LogP contribution in [0.3, 0.4) is 0 Å². The molecule has 0 amide bonds. The van der Waals surface area contributed by atoms with Gasteiger partial charge in [-0.3, -0.25) is 19.8 Å². The van der Waals surface area contributed by atoms with E-state index in [1.807, 2.05) is 30.9 Å². The predicted molar refractivity (Wildman–Crippen MR) is 67.8 cm³/mol. The SMILES string of the molecule is CN(C)CCN(C)CC(=O)c1cc([N+](=O)[O-])c[nH]1. The highest BCUT2D eigenvalue weighted by Crippen LogP contribution is 2.12. The van der Waals surface area contributed by atoms with Crippen molar-refractivity contribution in [2.75, 3.05) is 40.8 Å². The van der Waals surface area contributed by atoms with Gasteiger partial charge in [-0.25, -0.2) is 0 Å². The molecular weight excluding hydrogens is 236 g/mol. The minimum absolute atomic E-state index is 0.0886. The van der Waals surface area contributed by atoms with E-state index in [0.717, 1.165) is 13.1 Å². The fourth-order valence-electron chi connectivity index (χ4n) is 1.43. The van der Waals surface area contributed by atoms with E-state index in [-0.39, 0.29) is 23.7 Å². The first-order chi connectivity index (χ1) is 8.40. The van der Waals surface area contributed by atoms with Crippen molar-refractivity contribution in [1.82, 2.24) is 14.8 Å². The van der Waals surface area contributed by atoms with Gasteiger partial charge < -0.3 is 9.88 Å². The molecular formula is C11H18N4O3. The molecule has 0 unspecified atom stereocenters. The summed E-state index contributed by atoms with van der Waals surface area (Å²) in [6, 6.07) is 1.27. The van der Waals surface area contributed by atoms with Gasteiger partial charge in [0.05, 0.1) is 23.4 Å². The van der Waals surface area contributed by atoms with E-state index in [1.54, 1.807) is 0 Å².